The fraction of sp³-hybridized carbons (Fsp3) is 0.391. The van der Waals surface area contributed by atoms with Gasteiger partial charge in [0.25, 0.3) is 0 Å². The number of amides is 1. The number of benzene rings is 2. The second-order valence-corrected chi connectivity index (χ2v) is 7.09. The highest BCUT2D eigenvalue weighted by Crippen LogP contribution is 2.28. The van der Waals surface area contributed by atoms with Crippen LogP contribution in [0.25, 0.3) is 21.7 Å². The van der Waals surface area contributed by atoms with Crippen LogP contribution < -0.4 is 15.9 Å². The van der Waals surface area contributed by atoms with E-state index in [2.05, 4.69) is 15.2 Å². The predicted octanol–water partition coefficient (Wildman–Crippen LogP) is 5.05. The number of likely N-dealkylation sites (tertiary alicyclic amines) is 1. The van der Waals surface area contributed by atoms with Crippen molar-refractivity contribution in [3.63, 3.8) is 0 Å². The van der Waals surface area contributed by atoms with Crippen molar-refractivity contribution in [2.75, 3.05) is 25.0 Å². The van der Waals surface area contributed by atoms with Gasteiger partial charge in [-0.3, -0.25) is 9.74 Å². The molecule has 0 aliphatic carbocycles. The Hall–Kier alpha value is -2.93. The number of halogens is 1. The van der Waals surface area contributed by atoms with Gasteiger partial charge in [-0.05, 0) is 50.2 Å². The van der Waals surface area contributed by atoms with E-state index in [4.69, 9.17) is 4.42 Å². The van der Waals surface area contributed by atoms with Crippen LogP contribution in [0.4, 0.5) is 10.2 Å². The number of anilines is 1. The third kappa shape index (κ3) is 4.97. The van der Waals surface area contributed by atoms with Crippen molar-refractivity contribution >= 4 is 33.3 Å². The lowest BCUT2D eigenvalue weighted by atomic mass is 10.1. The fourth-order valence-electron chi connectivity index (χ4n) is 3.70. The van der Waals surface area contributed by atoms with Gasteiger partial charge in [-0.2, -0.15) is 0 Å². The van der Waals surface area contributed by atoms with Crippen molar-refractivity contribution < 1.29 is 18.7 Å². The maximum Gasteiger partial charge on any atom is 0.344 e. The van der Waals surface area contributed by atoms with Gasteiger partial charge in [0.2, 0.25) is 5.91 Å². The Morgan fingerprint density at radius 1 is 1.07 bits per heavy atom. The fourth-order valence-corrected chi connectivity index (χ4v) is 3.70. The van der Waals surface area contributed by atoms with Crippen molar-refractivity contribution in [3.8, 4) is 5.75 Å². The molecule has 2 heterocycles. The molecule has 1 aliphatic rings. The van der Waals surface area contributed by atoms with E-state index in [1.54, 1.807) is 24.3 Å². The van der Waals surface area contributed by atoms with Crippen LogP contribution in [-0.4, -0.2) is 30.4 Å². The van der Waals surface area contributed by atoms with Gasteiger partial charge in [0.05, 0.1) is 5.39 Å². The lowest BCUT2D eigenvalue weighted by Crippen LogP contribution is -2.32. The molecule has 30 heavy (non-hydrogen) atoms. The number of fused-ring (bicyclic) bond motifs is 3. The standard InChI is InChI=1S/C21H21FN2O4.C2H6/c22-28-15-5-7-17-16-6-4-14(12-18(16)21(26)27-19(17)13-15)23-20(25)8-11-24-9-2-1-3-10-24;1-2/h4-7,12-13H,1-3,8-11H2,(H,23,25);1-2H3. The Morgan fingerprint density at radius 2 is 1.80 bits per heavy atom. The van der Waals surface area contributed by atoms with Crippen LogP contribution >= 0.6 is 0 Å². The molecule has 7 heteroatoms. The van der Waals surface area contributed by atoms with E-state index < -0.39 is 5.63 Å². The number of hydrogen-bond acceptors (Lipinski definition) is 5. The molecule has 3 aromatic rings. The van der Waals surface area contributed by atoms with E-state index in [0.717, 1.165) is 19.6 Å². The number of hydrogen-bond donors (Lipinski definition) is 1. The smallest absolute Gasteiger partial charge is 0.344 e. The highest BCUT2D eigenvalue weighted by atomic mass is 19.3. The minimum atomic E-state index is -0.553. The Kier molecular flexibility index (Phi) is 7.41. The van der Waals surface area contributed by atoms with Gasteiger partial charge in [0, 0.05) is 40.0 Å². The monoisotopic (exact) mass is 414 g/mol. The average Bonchev–Trinajstić information content (AvgIpc) is 2.79. The summed E-state index contributed by atoms with van der Waals surface area (Å²) in [4.78, 5) is 30.6. The molecule has 0 saturated carbocycles. The third-order valence-electron chi connectivity index (χ3n) is 5.16. The van der Waals surface area contributed by atoms with Crippen molar-refractivity contribution in [1.29, 1.82) is 0 Å². The Balaban J connectivity index is 0.00000124. The van der Waals surface area contributed by atoms with Crippen LogP contribution in [0, 0.1) is 0 Å². The van der Waals surface area contributed by atoms with E-state index in [1.807, 2.05) is 13.8 Å². The van der Waals surface area contributed by atoms with Crippen LogP contribution in [0.2, 0.25) is 0 Å². The summed E-state index contributed by atoms with van der Waals surface area (Å²) < 4.78 is 17.6. The van der Waals surface area contributed by atoms with Crippen LogP contribution in [0.15, 0.2) is 45.6 Å². The first kappa shape index (κ1) is 21.8. The van der Waals surface area contributed by atoms with Gasteiger partial charge in [0.15, 0.2) is 5.75 Å². The lowest BCUT2D eigenvalue weighted by molar-refractivity contribution is -0.116. The molecule has 1 fully saturated rings. The molecule has 0 spiro atoms. The second kappa shape index (κ2) is 10.2. The molecule has 1 amide bonds. The van der Waals surface area contributed by atoms with Gasteiger partial charge in [-0.1, -0.05) is 26.3 Å². The number of carbonyl (C=O) groups is 1. The van der Waals surface area contributed by atoms with Gasteiger partial charge in [-0.15, -0.1) is 0 Å². The highest BCUT2D eigenvalue weighted by Gasteiger charge is 2.13. The summed E-state index contributed by atoms with van der Waals surface area (Å²) in [6, 6.07) is 9.53. The Labute approximate surface area is 174 Å². The molecular weight excluding hydrogens is 387 g/mol. The Morgan fingerprint density at radius 3 is 2.53 bits per heavy atom. The van der Waals surface area contributed by atoms with Gasteiger partial charge in [-0.25, -0.2) is 4.79 Å². The van der Waals surface area contributed by atoms with E-state index >= 15 is 0 Å². The SMILES string of the molecule is CC.O=C(CCN1CCCCC1)Nc1ccc2c(c1)c(=O)oc1cc(OF)ccc12. The largest absolute Gasteiger partial charge is 0.422 e. The summed E-state index contributed by atoms with van der Waals surface area (Å²) in [6.45, 7) is 6.84. The van der Waals surface area contributed by atoms with E-state index in [-0.39, 0.29) is 17.2 Å². The molecule has 6 nitrogen and oxygen atoms in total. The zero-order chi connectivity index (χ0) is 21.5. The summed E-state index contributed by atoms with van der Waals surface area (Å²) in [7, 11) is 0. The minimum Gasteiger partial charge on any atom is -0.422 e. The molecule has 1 saturated heterocycles. The second-order valence-electron chi connectivity index (χ2n) is 7.09. The van der Waals surface area contributed by atoms with Crippen molar-refractivity contribution in [2.45, 2.75) is 39.5 Å². The highest BCUT2D eigenvalue weighted by molar-refractivity contribution is 6.06. The first-order chi connectivity index (χ1) is 14.6. The minimum absolute atomic E-state index is 0.0346. The maximum absolute atomic E-state index is 12.4. The number of nitrogens with one attached hydrogen (secondary N) is 1. The van der Waals surface area contributed by atoms with Crippen LogP contribution in [0.1, 0.15) is 39.5 Å². The molecule has 1 N–H and O–H groups in total. The van der Waals surface area contributed by atoms with Crippen LogP contribution in [0.3, 0.4) is 0 Å². The molecule has 1 aromatic heterocycles. The summed E-state index contributed by atoms with van der Waals surface area (Å²) in [5.41, 5.74) is 0.236. The number of nitrogens with zero attached hydrogens (tertiary/aromatic N) is 1. The summed E-state index contributed by atoms with van der Waals surface area (Å²) in [6.07, 6.45) is 4.06. The summed E-state index contributed by atoms with van der Waals surface area (Å²) in [5.74, 6) is -0.118. The van der Waals surface area contributed by atoms with E-state index in [0.29, 0.717) is 28.3 Å². The van der Waals surface area contributed by atoms with Gasteiger partial charge < -0.3 is 14.6 Å². The quantitative estimate of drug-likeness (QED) is 0.467. The summed E-state index contributed by atoms with van der Waals surface area (Å²) in [5, 5.41) is 4.54. The molecule has 1 aliphatic heterocycles. The summed E-state index contributed by atoms with van der Waals surface area (Å²) >= 11 is 0. The third-order valence-corrected chi connectivity index (χ3v) is 5.16. The molecule has 0 unspecified atom stereocenters. The molecule has 2 aromatic carbocycles. The number of carbonyl (C=O) groups excluding carboxylic acids is 1. The molecule has 0 atom stereocenters. The number of rotatable bonds is 5. The van der Waals surface area contributed by atoms with Gasteiger partial charge in [0.1, 0.15) is 5.58 Å². The molecule has 160 valence electrons. The topological polar surface area (TPSA) is 71.8 Å². The zero-order valence-corrected chi connectivity index (χ0v) is 17.4. The molecule has 0 bridgehead atoms. The zero-order valence-electron chi connectivity index (χ0n) is 17.4. The van der Waals surface area contributed by atoms with Crippen LogP contribution in [0.5, 0.6) is 5.75 Å². The molecular formula is C23H27FN2O4. The average molecular weight is 414 g/mol. The van der Waals surface area contributed by atoms with E-state index in [1.165, 1.54) is 31.4 Å². The van der Waals surface area contributed by atoms with Crippen molar-refractivity contribution in [1.82, 2.24) is 4.90 Å². The van der Waals surface area contributed by atoms with Gasteiger partial charge >= 0.3 is 5.63 Å². The van der Waals surface area contributed by atoms with Crippen LogP contribution in [-0.2, 0) is 4.79 Å². The molecule has 4 rings (SSSR count). The van der Waals surface area contributed by atoms with E-state index in [9.17, 15) is 14.1 Å². The van der Waals surface area contributed by atoms with Crippen molar-refractivity contribution in [3.05, 3.63) is 46.8 Å². The van der Waals surface area contributed by atoms with Crippen molar-refractivity contribution in [2.24, 2.45) is 0 Å². The first-order valence-electron chi connectivity index (χ1n) is 10.5. The first-order valence-corrected chi connectivity index (χ1v) is 10.5. The molecule has 0 radical (unpaired) electrons. The lowest BCUT2D eigenvalue weighted by Gasteiger charge is -2.25. The maximum atomic E-state index is 12.4. The number of piperidine rings is 1. The Bertz CT molecular complexity index is 1070. The predicted molar refractivity (Wildman–Crippen MR) is 117 cm³/mol. The normalized spacial score (nSPS) is 14.2.